The van der Waals surface area contributed by atoms with Gasteiger partial charge >= 0.3 is 11.8 Å². The molecule has 2 unspecified atom stereocenters. The third-order valence-corrected chi connectivity index (χ3v) is 5.25. The molecule has 1 aromatic rings. The minimum Gasteiger partial charge on any atom is -0.379 e. The first kappa shape index (κ1) is 16.9. The Morgan fingerprint density at radius 1 is 1.12 bits per heavy atom. The number of hydrogen-bond donors (Lipinski definition) is 2. The van der Waals surface area contributed by atoms with Crippen LogP contribution < -0.4 is 10.6 Å². The lowest BCUT2D eigenvalue weighted by atomic mass is 9.62. The highest BCUT2D eigenvalue weighted by molar-refractivity contribution is 6.39. The van der Waals surface area contributed by atoms with Crippen molar-refractivity contribution in [2.75, 3.05) is 31.6 Å². The molecule has 2 N–H and O–H groups in total. The fraction of sp³-hybridized carbons (Fsp3) is 0.556. The number of amides is 2. The van der Waals surface area contributed by atoms with E-state index in [9.17, 15) is 9.59 Å². The maximum absolute atomic E-state index is 12.2. The number of nitrogens with one attached hydrogen (secondary N) is 2. The van der Waals surface area contributed by atoms with Gasteiger partial charge in [-0.1, -0.05) is 32.0 Å². The monoisotopic (exact) mass is 331 g/mol. The van der Waals surface area contributed by atoms with E-state index in [0.717, 1.165) is 32.7 Å². The molecule has 24 heavy (non-hydrogen) atoms. The third kappa shape index (κ3) is 3.44. The zero-order valence-electron chi connectivity index (χ0n) is 14.2. The molecule has 2 fully saturated rings. The Kier molecular flexibility index (Phi) is 4.87. The van der Waals surface area contributed by atoms with Crippen LogP contribution in [-0.2, 0) is 14.3 Å². The Bertz CT molecular complexity index is 597. The van der Waals surface area contributed by atoms with Gasteiger partial charge in [-0.25, -0.2) is 0 Å². The predicted molar refractivity (Wildman–Crippen MR) is 91.6 cm³/mol. The standard InChI is InChI=1S/C18H25N3O3/c1-18(2)14(12-15(18)21-8-10-24-11-9-21)20-17(23)16(22)19-13-6-4-3-5-7-13/h3-7,14-15H,8-12H2,1-2H3,(H,19,22)(H,20,23). The highest BCUT2D eigenvalue weighted by Crippen LogP contribution is 2.44. The van der Waals surface area contributed by atoms with Crippen LogP contribution in [0.5, 0.6) is 0 Å². The Morgan fingerprint density at radius 2 is 1.79 bits per heavy atom. The molecule has 1 saturated heterocycles. The van der Waals surface area contributed by atoms with Crippen LogP contribution in [0.4, 0.5) is 5.69 Å². The van der Waals surface area contributed by atoms with E-state index >= 15 is 0 Å². The van der Waals surface area contributed by atoms with Crippen molar-refractivity contribution < 1.29 is 14.3 Å². The molecule has 1 aromatic carbocycles. The number of carbonyl (C=O) groups excluding carboxylic acids is 2. The molecule has 1 saturated carbocycles. The van der Waals surface area contributed by atoms with Crippen molar-refractivity contribution in [2.45, 2.75) is 32.4 Å². The van der Waals surface area contributed by atoms with Crippen LogP contribution in [0.15, 0.2) is 30.3 Å². The van der Waals surface area contributed by atoms with E-state index in [1.54, 1.807) is 12.1 Å². The molecular weight excluding hydrogens is 306 g/mol. The molecule has 130 valence electrons. The van der Waals surface area contributed by atoms with Crippen molar-refractivity contribution in [2.24, 2.45) is 5.41 Å². The lowest BCUT2D eigenvalue weighted by Crippen LogP contribution is -2.68. The minimum atomic E-state index is -0.619. The second-order valence-corrected chi connectivity index (χ2v) is 7.07. The summed E-state index contributed by atoms with van der Waals surface area (Å²) >= 11 is 0. The maximum Gasteiger partial charge on any atom is 0.313 e. The summed E-state index contributed by atoms with van der Waals surface area (Å²) in [6.45, 7) is 7.70. The maximum atomic E-state index is 12.2. The van der Waals surface area contributed by atoms with E-state index in [2.05, 4.69) is 29.4 Å². The van der Waals surface area contributed by atoms with Gasteiger partial charge in [0.15, 0.2) is 0 Å². The van der Waals surface area contributed by atoms with Crippen LogP contribution in [0, 0.1) is 5.41 Å². The van der Waals surface area contributed by atoms with Gasteiger partial charge in [-0.05, 0) is 18.6 Å². The van der Waals surface area contributed by atoms with Crippen molar-refractivity contribution in [1.29, 1.82) is 0 Å². The van der Waals surface area contributed by atoms with Crippen LogP contribution in [-0.4, -0.2) is 55.1 Å². The van der Waals surface area contributed by atoms with Gasteiger partial charge in [-0.15, -0.1) is 0 Å². The average molecular weight is 331 g/mol. The summed E-state index contributed by atoms with van der Waals surface area (Å²) in [4.78, 5) is 26.6. The summed E-state index contributed by atoms with van der Waals surface area (Å²) in [5.41, 5.74) is 0.566. The Morgan fingerprint density at radius 3 is 2.42 bits per heavy atom. The molecule has 0 bridgehead atoms. The molecule has 2 atom stereocenters. The van der Waals surface area contributed by atoms with Crippen molar-refractivity contribution >= 4 is 17.5 Å². The lowest BCUT2D eigenvalue weighted by Gasteiger charge is -2.57. The molecule has 2 aliphatic rings. The lowest BCUT2D eigenvalue weighted by molar-refractivity contribution is -0.140. The normalized spacial score (nSPS) is 26.2. The smallest absolute Gasteiger partial charge is 0.313 e. The fourth-order valence-electron chi connectivity index (χ4n) is 3.59. The van der Waals surface area contributed by atoms with Crippen LogP contribution in [0.2, 0.25) is 0 Å². The number of benzene rings is 1. The molecule has 0 radical (unpaired) electrons. The zero-order chi connectivity index (χ0) is 17.2. The molecule has 1 aliphatic carbocycles. The van der Waals surface area contributed by atoms with Gasteiger partial charge in [0, 0.05) is 36.3 Å². The molecule has 1 aliphatic heterocycles. The van der Waals surface area contributed by atoms with E-state index in [1.165, 1.54) is 0 Å². The summed E-state index contributed by atoms with van der Waals surface area (Å²) in [6.07, 6.45) is 0.872. The first-order valence-electron chi connectivity index (χ1n) is 8.47. The molecule has 0 aromatic heterocycles. The molecule has 6 heteroatoms. The van der Waals surface area contributed by atoms with E-state index in [-0.39, 0.29) is 11.5 Å². The summed E-state index contributed by atoms with van der Waals surface area (Å²) in [5, 5.41) is 5.51. The fourth-order valence-corrected chi connectivity index (χ4v) is 3.59. The van der Waals surface area contributed by atoms with Gasteiger partial charge < -0.3 is 15.4 Å². The molecule has 1 heterocycles. The summed E-state index contributed by atoms with van der Waals surface area (Å²) in [5.74, 6) is -1.19. The largest absolute Gasteiger partial charge is 0.379 e. The van der Waals surface area contributed by atoms with Gasteiger partial charge in [0.05, 0.1) is 13.2 Å². The second-order valence-electron chi connectivity index (χ2n) is 7.07. The zero-order valence-corrected chi connectivity index (χ0v) is 14.2. The number of rotatable bonds is 3. The van der Waals surface area contributed by atoms with Crippen LogP contribution in [0.3, 0.4) is 0 Å². The number of nitrogens with zero attached hydrogens (tertiary/aromatic N) is 1. The highest BCUT2D eigenvalue weighted by atomic mass is 16.5. The second kappa shape index (κ2) is 6.91. The molecule has 0 spiro atoms. The summed E-state index contributed by atoms with van der Waals surface area (Å²) in [7, 11) is 0. The number of anilines is 1. The quantitative estimate of drug-likeness (QED) is 0.818. The van der Waals surface area contributed by atoms with Crippen molar-refractivity contribution in [1.82, 2.24) is 10.2 Å². The Balaban J connectivity index is 1.52. The van der Waals surface area contributed by atoms with Gasteiger partial charge in [0.25, 0.3) is 0 Å². The van der Waals surface area contributed by atoms with Crippen molar-refractivity contribution in [3.63, 3.8) is 0 Å². The van der Waals surface area contributed by atoms with E-state index in [0.29, 0.717) is 11.7 Å². The average Bonchev–Trinajstić information content (AvgIpc) is 2.59. The van der Waals surface area contributed by atoms with Gasteiger partial charge in [-0.3, -0.25) is 14.5 Å². The van der Waals surface area contributed by atoms with Crippen LogP contribution >= 0.6 is 0 Å². The number of ether oxygens (including phenoxy) is 1. The first-order valence-corrected chi connectivity index (χ1v) is 8.47. The van der Waals surface area contributed by atoms with Crippen LogP contribution in [0.25, 0.3) is 0 Å². The summed E-state index contributed by atoms with van der Waals surface area (Å²) < 4.78 is 5.40. The molecule has 6 nitrogen and oxygen atoms in total. The van der Waals surface area contributed by atoms with E-state index in [4.69, 9.17) is 4.74 Å². The minimum absolute atomic E-state index is 0.0133. The van der Waals surface area contributed by atoms with Crippen molar-refractivity contribution in [3.05, 3.63) is 30.3 Å². The SMILES string of the molecule is CC1(C)C(NC(=O)C(=O)Nc2ccccc2)CC1N1CCOCC1. The Hall–Kier alpha value is -1.92. The molecular formula is C18H25N3O3. The molecule has 3 rings (SSSR count). The van der Waals surface area contributed by atoms with Crippen LogP contribution in [0.1, 0.15) is 20.3 Å². The number of hydrogen-bond acceptors (Lipinski definition) is 4. The van der Waals surface area contributed by atoms with E-state index < -0.39 is 11.8 Å². The topological polar surface area (TPSA) is 70.7 Å². The van der Waals surface area contributed by atoms with E-state index in [1.807, 2.05) is 18.2 Å². The summed E-state index contributed by atoms with van der Waals surface area (Å²) in [6, 6.07) is 9.44. The van der Waals surface area contributed by atoms with Crippen molar-refractivity contribution in [3.8, 4) is 0 Å². The highest BCUT2D eigenvalue weighted by Gasteiger charge is 2.51. The van der Waals surface area contributed by atoms with Gasteiger partial charge in [0.2, 0.25) is 0 Å². The number of morpholine rings is 1. The van der Waals surface area contributed by atoms with Gasteiger partial charge in [0.1, 0.15) is 0 Å². The Labute approximate surface area is 142 Å². The predicted octanol–water partition coefficient (Wildman–Crippen LogP) is 1.24. The first-order chi connectivity index (χ1) is 11.5. The van der Waals surface area contributed by atoms with Gasteiger partial charge in [-0.2, -0.15) is 0 Å². The third-order valence-electron chi connectivity index (χ3n) is 5.25. The molecule has 2 amide bonds. The number of para-hydroxylation sites is 1. The number of carbonyl (C=O) groups is 2.